The van der Waals surface area contributed by atoms with E-state index in [1.807, 2.05) is 0 Å². The Balaban J connectivity index is 2.60. The van der Waals surface area contributed by atoms with Crippen LogP contribution in [0.4, 0.5) is 0 Å². The molecule has 2 nitrogen and oxygen atoms in total. The molecule has 1 saturated heterocycles. The smallest absolute Gasteiger partial charge is 0.139 e. The van der Waals surface area contributed by atoms with Gasteiger partial charge in [-0.15, -0.1) is 0 Å². The van der Waals surface area contributed by atoms with Crippen LogP contribution in [-0.2, 0) is 9.78 Å². The summed E-state index contributed by atoms with van der Waals surface area (Å²) in [6.45, 7) is 7.97. The van der Waals surface area contributed by atoms with Crippen molar-refractivity contribution in [3.8, 4) is 0 Å². The Morgan fingerprint density at radius 3 is 2.30 bits per heavy atom. The Hall–Kier alpha value is -0.600. The van der Waals surface area contributed by atoms with Gasteiger partial charge < -0.3 is 0 Å². The fraction of sp³-hybridized carbons (Fsp3) is 0.500. The van der Waals surface area contributed by atoms with Gasteiger partial charge in [0.25, 0.3) is 0 Å². The Kier molecular flexibility index (Phi) is 2.25. The SMILES string of the molecule is C=CC1(C=C)CCCOO1. The second kappa shape index (κ2) is 2.99. The molecule has 0 radical (unpaired) electrons. The Morgan fingerprint density at radius 1 is 1.30 bits per heavy atom. The predicted molar refractivity (Wildman–Crippen MR) is 39.4 cm³/mol. The van der Waals surface area contributed by atoms with Crippen LogP contribution in [0.1, 0.15) is 12.8 Å². The van der Waals surface area contributed by atoms with E-state index < -0.39 is 5.60 Å². The van der Waals surface area contributed by atoms with Crippen molar-refractivity contribution in [2.75, 3.05) is 6.61 Å². The molecule has 56 valence electrons. The van der Waals surface area contributed by atoms with Crippen molar-refractivity contribution in [3.63, 3.8) is 0 Å². The van der Waals surface area contributed by atoms with Gasteiger partial charge in [-0.3, -0.25) is 0 Å². The highest BCUT2D eigenvalue weighted by Gasteiger charge is 2.27. The zero-order valence-electron chi connectivity index (χ0n) is 6.01. The van der Waals surface area contributed by atoms with E-state index in [9.17, 15) is 0 Å². The third-order valence-electron chi connectivity index (χ3n) is 1.70. The maximum absolute atomic E-state index is 5.03. The highest BCUT2D eigenvalue weighted by atomic mass is 17.2. The highest BCUT2D eigenvalue weighted by molar-refractivity contribution is 5.09. The third kappa shape index (κ3) is 1.28. The van der Waals surface area contributed by atoms with Crippen LogP contribution in [0.3, 0.4) is 0 Å². The first kappa shape index (κ1) is 7.51. The van der Waals surface area contributed by atoms with E-state index in [0.29, 0.717) is 6.61 Å². The van der Waals surface area contributed by atoms with E-state index in [-0.39, 0.29) is 0 Å². The van der Waals surface area contributed by atoms with E-state index in [2.05, 4.69) is 13.2 Å². The minimum atomic E-state index is -0.432. The summed E-state index contributed by atoms with van der Waals surface area (Å²) in [4.78, 5) is 9.85. The molecule has 0 aromatic rings. The van der Waals surface area contributed by atoms with Gasteiger partial charge in [0.1, 0.15) is 5.60 Å². The molecule has 0 spiro atoms. The number of hydrogen-bond acceptors (Lipinski definition) is 2. The van der Waals surface area contributed by atoms with Gasteiger partial charge in [-0.25, -0.2) is 9.78 Å². The molecule has 0 N–H and O–H groups in total. The molecular weight excluding hydrogens is 128 g/mol. The molecule has 0 unspecified atom stereocenters. The molecule has 1 rings (SSSR count). The van der Waals surface area contributed by atoms with Crippen molar-refractivity contribution in [2.45, 2.75) is 18.4 Å². The number of rotatable bonds is 2. The summed E-state index contributed by atoms with van der Waals surface area (Å²) >= 11 is 0. The first-order valence-corrected chi connectivity index (χ1v) is 3.41. The lowest BCUT2D eigenvalue weighted by molar-refractivity contribution is -0.357. The fourth-order valence-corrected chi connectivity index (χ4v) is 0.956. The van der Waals surface area contributed by atoms with Crippen LogP contribution in [0.25, 0.3) is 0 Å². The monoisotopic (exact) mass is 140 g/mol. The second-order valence-electron chi connectivity index (χ2n) is 2.37. The average molecular weight is 140 g/mol. The first-order chi connectivity index (χ1) is 4.83. The van der Waals surface area contributed by atoms with Crippen molar-refractivity contribution in [3.05, 3.63) is 25.3 Å². The zero-order valence-corrected chi connectivity index (χ0v) is 6.01. The standard InChI is InChI=1S/C8H12O2/c1-3-8(4-2)6-5-7-9-10-8/h3-4H,1-2,5-7H2. The largest absolute Gasteiger partial charge is 0.236 e. The molecule has 1 aliphatic heterocycles. The summed E-state index contributed by atoms with van der Waals surface area (Å²) in [5.74, 6) is 0. The summed E-state index contributed by atoms with van der Waals surface area (Å²) in [6.07, 6.45) is 5.36. The van der Waals surface area contributed by atoms with E-state index >= 15 is 0 Å². The van der Waals surface area contributed by atoms with Gasteiger partial charge in [0.2, 0.25) is 0 Å². The average Bonchev–Trinajstić information content (AvgIpc) is 2.06. The van der Waals surface area contributed by atoms with Crippen molar-refractivity contribution in [1.82, 2.24) is 0 Å². The summed E-state index contributed by atoms with van der Waals surface area (Å²) < 4.78 is 0. The van der Waals surface area contributed by atoms with Gasteiger partial charge in [-0.1, -0.05) is 25.3 Å². The Labute approximate surface area is 61.1 Å². The van der Waals surface area contributed by atoms with Crippen LogP contribution in [-0.4, -0.2) is 12.2 Å². The molecule has 0 atom stereocenters. The van der Waals surface area contributed by atoms with Crippen molar-refractivity contribution >= 4 is 0 Å². The maximum Gasteiger partial charge on any atom is 0.139 e. The molecule has 1 fully saturated rings. The quantitative estimate of drug-likeness (QED) is 0.430. The van der Waals surface area contributed by atoms with Gasteiger partial charge in [-0.2, -0.15) is 0 Å². The summed E-state index contributed by atoms with van der Waals surface area (Å²) in [5, 5.41) is 0. The summed E-state index contributed by atoms with van der Waals surface area (Å²) in [6, 6.07) is 0. The van der Waals surface area contributed by atoms with E-state index in [1.165, 1.54) is 0 Å². The van der Waals surface area contributed by atoms with Gasteiger partial charge >= 0.3 is 0 Å². The van der Waals surface area contributed by atoms with Crippen LogP contribution < -0.4 is 0 Å². The normalized spacial score (nSPS) is 23.6. The topological polar surface area (TPSA) is 18.5 Å². The lowest BCUT2D eigenvalue weighted by Crippen LogP contribution is -2.31. The van der Waals surface area contributed by atoms with Crippen molar-refractivity contribution in [1.29, 1.82) is 0 Å². The van der Waals surface area contributed by atoms with Crippen LogP contribution in [0, 0.1) is 0 Å². The molecule has 0 aromatic carbocycles. The molecule has 0 aromatic heterocycles. The van der Waals surface area contributed by atoms with Crippen LogP contribution in [0.15, 0.2) is 25.3 Å². The second-order valence-corrected chi connectivity index (χ2v) is 2.37. The Morgan fingerprint density at radius 2 is 2.00 bits per heavy atom. The molecule has 0 aliphatic carbocycles. The maximum atomic E-state index is 5.03. The molecule has 1 heterocycles. The van der Waals surface area contributed by atoms with Gasteiger partial charge in [0.05, 0.1) is 6.61 Å². The molecule has 1 aliphatic rings. The molecule has 0 amide bonds. The molecule has 2 heteroatoms. The Bertz CT molecular complexity index is 124. The van der Waals surface area contributed by atoms with Gasteiger partial charge in [0.15, 0.2) is 0 Å². The van der Waals surface area contributed by atoms with Gasteiger partial charge in [-0.05, 0) is 12.8 Å². The predicted octanol–water partition coefficient (Wildman–Crippen LogP) is 1.84. The zero-order chi connectivity index (χ0) is 7.45. The lowest BCUT2D eigenvalue weighted by atomic mass is 9.98. The lowest BCUT2D eigenvalue weighted by Gasteiger charge is -2.29. The summed E-state index contributed by atoms with van der Waals surface area (Å²) in [5.41, 5.74) is -0.432. The third-order valence-corrected chi connectivity index (χ3v) is 1.70. The molecule has 0 bridgehead atoms. The van der Waals surface area contributed by atoms with E-state index in [4.69, 9.17) is 9.78 Å². The summed E-state index contributed by atoms with van der Waals surface area (Å²) in [7, 11) is 0. The van der Waals surface area contributed by atoms with E-state index in [1.54, 1.807) is 12.2 Å². The fourth-order valence-electron chi connectivity index (χ4n) is 0.956. The molecule has 10 heavy (non-hydrogen) atoms. The minimum Gasteiger partial charge on any atom is -0.236 e. The molecule has 0 saturated carbocycles. The van der Waals surface area contributed by atoms with Crippen molar-refractivity contribution in [2.24, 2.45) is 0 Å². The van der Waals surface area contributed by atoms with Gasteiger partial charge in [0, 0.05) is 0 Å². The van der Waals surface area contributed by atoms with E-state index in [0.717, 1.165) is 12.8 Å². The minimum absolute atomic E-state index is 0.432. The van der Waals surface area contributed by atoms with Crippen LogP contribution in [0.2, 0.25) is 0 Å². The number of hydrogen-bond donors (Lipinski definition) is 0. The van der Waals surface area contributed by atoms with Crippen LogP contribution in [0.5, 0.6) is 0 Å². The highest BCUT2D eigenvalue weighted by Crippen LogP contribution is 2.25. The first-order valence-electron chi connectivity index (χ1n) is 3.41. The molecular formula is C8H12O2. The van der Waals surface area contributed by atoms with Crippen molar-refractivity contribution < 1.29 is 9.78 Å². The van der Waals surface area contributed by atoms with Crippen LogP contribution >= 0.6 is 0 Å².